The number of nitrogens with one attached hydrogen (secondary N) is 1. The average Bonchev–Trinajstić information content (AvgIpc) is 3.22. The molecule has 3 rings (SSSR count). The number of anilines is 1. The SMILES string of the molecule is Cn1ncc(C#N)c1NC(=O)c1ccn(COc2ccc(Cl)cc2Cl)n1. The number of aryl methyl sites for hydroxylation is 1. The summed E-state index contributed by atoms with van der Waals surface area (Å²) in [5.41, 5.74) is 0.432. The van der Waals surface area contributed by atoms with Gasteiger partial charge in [0.25, 0.3) is 5.91 Å². The average molecular weight is 391 g/mol. The Kier molecular flexibility index (Phi) is 5.11. The summed E-state index contributed by atoms with van der Waals surface area (Å²) in [5.74, 6) is 0.288. The Labute approximate surface area is 158 Å². The molecule has 0 saturated carbocycles. The van der Waals surface area contributed by atoms with Gasteiger partial charge in [0.2, 0.25) is 0 Å². The van der Waals surface area contributed by atoms with Crippen molar-refractivity contribution in [2.75, 3.05) is 5.32 Å². The van der Waals surface area contributed by atoms with E-state index in [9.17, 15) is 4.79 Å². The zero-order valence-corrected chi connectivity index (χ0v) is 15.0. The van der Waals surface area contributed by atoms with Crippen LogP contribution in [0.1, 0.15) is 16.1 Å². The Balaban J connectivity index is 1.66. The number of nitrogens with zero attached hydrogens (tertiary/aromatic N) is 5. The van der Waals surface area contributed by atoms with Crippen LogP contribution in [0.4, 0.5) is 5.82 Å². The van der Waals surface area contributed by atoms with Gasteiger partial charge >= 0.3 is 0 Å². The highest BCUT2D eigenvalue weighted by molar-refractivity contribution is 6.35. The Bertz CT molecular complexity index is 1000. The second kappa shape index (κ2) is 7.47. The lowest BCUT2D eigenvalue weighted by molar-refractivity contribution is 0.101. The first-order valence-corrected chi connectivity index (χ1v) is 8.08. The first kappa shape index (κ1) is 17.8. The van der Waals surface area contributed by atoms with Gasteiger partial charge in [-0.2, -0.15) is 15.5 Å². The predicted octanol–water partition coefficient (Wildman–Crippen LogP) is 3.08. The third-order valence-electron chi connectivity index (χ3n) is 3.41. The molecule has 1 N–H and O–H groups in total. The molecule has 1 aromatic carbocycles. The number of hydrogen-bond donors (Lipinski definition) is 1. The molecule has 0 spiro atoms. The molecule has 2 heterocycles. The van der Waals surface area contributed by atoms with Crippen molar-refractivity contribution in [3.05, 3.63) is 58.0 Å². The number of hydrogen-bond acceptors (Lipinski definition) is 5. The van der Waals surface area contributed by atoms with Gasteiger partial charge in [0.05, 0.1) is 11.2 Å². The standard InChI is InChI=1S/C16H12Cl2N6O2/c1-23-15(10(7-19)8-20-23)21-16(25)13-4-5-24(22-13)9-26-14-3-2-11(17)6-12(14)18/h2-6,8H,9H2,1H3,(H,21,25). The third kappa shape index (κ3) is 3.79. The molecule has 1 amide bonds. The van der Waals surface area contributed by atoms with Gasteiger partial charge in [0, 0.05) is 18.3 Å². The first-order chi connectivity index (χ1) is 12.5. The molecule has 2 aromatic heterocycles. The van der Waals surface area contributed by atoms with Crippen LogP contribution in [-0.4, -0.2) is 25.5 Å². The lowest BCUT2D eigenvalue weighted by Crippen LogP contribution is -2.17. The minimum atomic E-state index is -0.464. The molecule has 0 radical (unpaired) electrons. The Hall–Kier alpha value is -3.02. The van der Waals surface area contributed by atoms with Crippen molar-refractivity contribution in [1.29, 1.82) is 5.26 Å². The van der Waals surface area contributed by atoms with Crippen LogP contribution >= 0.6 is 23.2 Å². The topological polar surface area (TPSA) is 97.8 Å². The summed E-state index contributed by atoms with van der Waals surface area (Å²) in [5, 5.41) is 20.6. The van der Waals surface area contributed by atoms with E-state index in [1.165, 1.54) is 21.6 Å². The number of benzene rings is 1. The van der Waals surface area contributed by atoms with Gasteiger partial charge in [-0.05, 0) is 24.3 Å². The highest BCUT2D eigenvalue weighted by Gasteiger charge is 2.15. The van der Waals surface area contributed by atoms with Crippen molar-refractivity contribution in [1.82, 2.24) is 19.6 Å². The van der Waals surface area contributed by atoms with E-state index >= 15 is 0 Å². The zero-order chi connectivity index (χ0) is 18.7. The number of amides is 1. The van der Waals surface area contributed by atoms with E-state index < -0.39 is 5.91 Å². The molecule has 0 aliphatic rings. The van der Waals surface area contributed by atoms with Gasteiger partial charge in [0.1, 0.15) is 23.2 Å². The maximum absolute atomic E-state index is 12.3. The summed E-state index contributed by atoms with van der Waals surface area (Å²) in [4.78, 5) is 12.3. The van der Waals surface area contributed by atoms with Crippen LogP contribution in [0.3, 0.4) is 0 Å². The predicted molar refractivity (Wildman–Crippen MR) is 95.2 cm³/mol. The fraction of sp³-hybridized carbons (Fsp3) is 0.125. The van der Waals surface area contributed by atoms with Crippen molar-refractivity contribution in [3.63, 3.8) is 0 Å². The van der Waals surface area contributed by atoms with Crippen molar-refractivity contribution in [3.8, 4) is 11.8 Å². The Morgan fingerprint density at radius 1 is 1.38 bits per heavy atom. The van der Waals surface area contributed by atoms with E-state index in [0.29, 0.717) is 21.6 Å². The van der Waals surface area contributed by atoms with Gasteiger partial charge in [-0.3, -0.25) is 9.48 Å². The summed E-state index contributed by atoms with van der Waals surface area (Å²) in [6.07, 6.45) is 2.96. The number of rotatable bonds is 5. The lowest BCUT2D eigenvalue weighted by Gasteiger charge is -2.08. The molecule has 3 aromatic rings. The molecule has 0 atom stereocenters. The van der Waals surface area contributed by atoms with E-state index in [-0.39, 0.29) is 18.0 Å². The molecule has 132 valence electrons. The van der Waals surface area contributed by atoms with E-state index in [2.05, 4.69) is 15.5 Å². The van der Waals surface area contributed by atoms with Crippen LogP contribution in [0.5, 0.6) is 5.75 Å². The van der Waals surface area contributed by atoms with Crippen LogP contribution in [-0.2, 0) is 13.8 Å². The molecule has 8 nitrogen and oxygen atoms in total. The van der Waals surface area contributed by atoms with Gasteiger partial charge in [0.15, 0.2) is 12.4 Å². The largest absolute Gasteiger partial charge is 0.470 e. The minimum Gasteiger partial charge on any atom is -0.470 e. The zero-order valence-electron chi connectivity index (χ0n) is 13.5. The van der Waals surface area contributed by atoms with Crippen molar-refractivity contribution < 1.29 is 9.53 Å². The van der Waals surface area contributed by atoms with Gasteiger partial charge in [-0.15, -0.1) is 0 Å². The highest BCUT2D eigenvalue weighted by atomic mass is 35.5. The number of ether oxygens (including phenoxy) is 1. The van der Waals surface area contributed by atoms with Crippen LogP contribution < -0.4 is 10.1 Å². The molecule has 0 bridgehead atoms. The van der Waals surface area contributed by atoms with Gasteiger partial charge in [-0.1, -0.05) is 23.2 Å². The van der Waals surface area contributed by atoms with Crippen molar-refractivity contribution in [2.45, 2.75) is 6.73 Å². The first-order valence-electron chi connectivity index (χ1n) is 7.32. The molecule has 0 fully saturated rings. The lowest BCUT2D eigenvalue weighted by atomic mass is 10.3. The maximum Gasteiger partial charge on any atom is 0.277 e. The van der Waals surface area contributed by atoms with E-state index in [1.807, 2.05) is 6.07 Å². The number of nitriles is 1. The van der Waals surface area contributed by atoms with Gasteiger partial charge < -0.3 is 10.1 Å². The number of carbonyl (C=O) groups is 1. The molecule has 0 aliphatic heterocycles. The monoisotopic (exact) mass is 390 g/mol. The fourth-order valence-corrected chi connectivity index (χ4v) is 2.58. The summed E-state index contributed by atoms with van der Waals surface area (Å²) in [7, 11) is 1.62. The third-order valence-corrected chi connectivity index (χ3v) is 3.94. The number of aromatic nitrogens is 4. The number of carbonyl (C=O) groups excluding carboxylic acids is 1. The van der Waals surface area contributed by atoms with Gasteiger partial charge in [-0.25, -0.2) is 4.68 Å². The Morgan fingerprint density at radius 2 is 2.19 bits per heavy atom. The minimum absolute atomic E-state index is 0.0593. The molecule has 26 heavy (non-hydrogen) atoms. The molecular formula is C16H12Cl2N6O2. The smallest absolute Gasteiger partial charge is 0.277 e. The van der Waals surface area contributed by atoms with Crippen molar-refractivity contribution >= 4 is 34.9 Å². The molecule has 0 aliphatic carbocycles. The fourth-order valence-electron chi connectivity index (χ4n) is 2.12. The number of halogens is 2. The molecule has 0 saturated heterocycles. The molecule has 0 unspecified atom stereocenters. The summed E-state index contributed by atoms with van der Waals surface area (Å²) in [6.45, 7) is 0.0593. The van der Waals surface area contributed by atoms with Crippen LogP contribution in [0.25, 0.3) is 0 Å². The van der Waals surface area contributed by atoms with Crippen LogP contribution in [0, 0.1) is 11.3 Å². The van der Waals surface area contributed by atoms with E-state index in [4.69, 9.17) is 33.2 Å². The van der Waals surface area contributed by atoms with E-state index in [1.54, 1.807) is 31.4 Å². The second-order valence-corrected chi connectivity index (χ2v) is 6.03. The van der Waals surface area contributed by atoms with Crippen LogP contribution in [0.15, 0.2) is 36.7 Å². The highest BCUT2D eigenvalue weighted by Crippen LogP contribution is 2.27. The van der Waals surface area contributed by atoms with Crippen molar-refractivity contribution in [2.24, 2.45) is 7.05 Å². The molecule has 10 heteroatoms. The summed E-state index contributed by atoms with van der Waals surface area (Å²) < 4.78 is 8.39. The van der Waals surface area contributed by atoms with E-state index in [0.717, 1.165) is 0 Å². The summed E-state index contributed by atoms with van der Waals surface area (Å²) >= 11 is 11.9. The maximum atomic E-state index is 12.3. The second-order valence-electron chi connectivity index (χ2n) is 5.19. The normalized spacial score (nSPS) is 10.4. The van der Waals surface area contributed by atoms with Crippen LogP contribution in [0.2, 0.25) is 10.0 Å². The molecular weight excluding hydrogens is 379 g/mol. The summed E-state index contributed by atoms with van der Waals surface area (Å²) in [6, 6.07) is 8.37. The quantitative estimate of drug-likeness (QED) is 0.721. The Morgan fingerprint density at radius 3 is 2.92 bits per heavy atom.